The zero-order chi connectivity index (χ0) is 14.1. The molecular formula is C16H25NO2. The van der Waals surface area contributed by atoms with E-state index in [2.05, 4.69) is 43.4 Å². The van der Waals surface area contributed by atoms with Gasteiger partial charge in [0.15, 0.2) is 0 Å². The summed E-state index contributed by atoms with van der Waals surface area (Å²) in [5.74, 6) is -0.234. The van der Waals surface area contributed by atoms with Crippen LogP contribution in [0.15, 0.2) is 24.3 Å². The fourth-order valence-corrected chi connectivity index (χ4v) is 1.99. The van der Waals surface area contributed by atoms with Crippen molar-refractivity contribution in [3.63, 3.8) is 0 Å². The first-order chi connectivity index (χ1) is 9.11. The number of rotatable bonds is 9. The lowest BCUT2D eigenvalue weighted by molar-refractivity contribution is -0.137. The van der Waals surface area contributed by atoms with Crippen LogP contribution >= 0.6 is 0 Å². The molecule has 0 aromatic heterocycles. The SMILES string of the molecule is CCc1ccc(CNCCC(C)CCC(=O)O)cc1. The standard InChI is InChI=1S/C16H25NO2/c1-3-14-5-7-15(8-6-14)12-17-11-10-13(2)4-9-16(18)19/h5-8,13,17H,3-4,9-12H2,1-2H3,(H,18,19). The Labute approximate surface area is 116 Å². The fourth-order valence-electron chi connectivity index (χ4n) is 1.99. The molecule has 0 aliphatic heterocycles. The average Bonchev–Trinajstić information content (AvgIpc) is 2.42. The Balaban J connectivity index is 2.14. The molecule has 0 amide bonds. The Morgan fingerprint density at radius 3 is 2.42 bits per heavy atom. The molecule has 2 N–H and O–H groups in total. The predicted molar refractivity (Wildman–Crippen MR) is 78.2 cm³/mol. The molecule has 0 aliphatic carbocycles. The third-order valence-electron chi connectivity index (χ3n) is 3.43. The maximum absolute atomic E-state index is 10.5. The summed E-state index contributed by atoms with van der Waals surface area (Å²) in [5.41, 5.74) is 2.67. The minimum Gasteiger partial charge on any atom is -0.481 e. The number of benzene rings is 1. The molecule has 0 heterocycles. The molecular weight excluding hydrogens is 238 g/mol. The molecule has 106 valence electrons. The largest absolute Gasteiger partial charge is 0.481 e. The second-order valence-corrected chi connectivity index (χ2v) is 5.17. The summed E-state index contributed by atoms with van der Waals surface area (Å²) in [6.07, 6.45) is 3.15. The number of carboxylic acid groups (broad SMARTS) is 1. The van der Waals surface area contributed by atoms with Gasteiger partial charge in [-0.15, -0.1) is 0 Å². The Morgan fingerprint density at radius 2 is 1.84 bits per heavy atom. The highest BCUT2D eigenvalue weighted by Gasteiger charge is 2.05. The van der Waals surface area contributed by atoms with Gasteiger partial charge in [0, 0.05) is 13.0 Å². The highest BCUT2D eigenvalue weighted by Crippen LogP contribution is 2.09. The van der Waals surface area contributed by atoms with Crippen molar-refractivity contribution in [1.82, 2.24) is 5.32 Å². The zero-order valence-corrected chi connectivity index (χ0v) is 12.0. The first kappa shape index (κ1) is 15.7. The topological polar surface area (TPSA) is 49.3 Å². The van der Waals surface area contributed by atoms with Crippen molar-refractivity contribution >= 4 is 5.97 Å². The van der Waals surface area contributed by atoms with Crippen molar-refractivity contribution in [2.75, 3.05) is 6.54 Å². The van der Waals surface area contributed by atoms with E-state index in [0.29, 0.717) is 5.92 Å². The smallest absolute Gasteiger partial charge is 0.303 e. The van der Waals surface area contributed by atoms with Gasteiger partial charge in [0.05, 0.1) is 0 Å². The lowest BCUT2D eigenvalue weighted by Gasteiger charge is -2.11. The second-order valence-electron chi connectivity index (χ2n) is 5.17. The molecule has 0 bridgehead atoms. The van der Waals surface area contributed by atoms with E-state index in [9.17, 15) is 4.79 Å². The predicted octanol–water partition coefficient (Wildman–Crippen LogP) is 3.23. The van der Waals surface area contributed by atoms with Crippen LogP contribution in [0.2, 0.25) is 0 Å². The van der Waals surface area contributed by atoms with Gasteiger partial charge in [-0.05, 0) is 42.9 Å². The number of hydrogen-bond donors (Lipinski definition) is 2. The quantitative estimate of drug-likeness (QED) is 0.672. The van der Waals surface area contributed by atoms with Gasteiger partial charge in [-0.1, -0.05) is 38.1 Å². The molecule has 0 saturated heterocycles. The first-order valence-electron chi connectivity index (χ1n) is 7.12. The van der Waals surface area contributed by atoms with Gasteiger partial charge in [0.2, 0.25) is 0 Å². The second kappa shape index (κ2) is 8.70. The van der Waals surface area contributed by atoms with Crippen molar-refractivity contribution in [1.29, 1.82) is 0 Å². The van der Waals surface area contributed by atoms with E-state index >= 15 is 0 Å². The Bertz CT molecular complexity index is 373. The van der Waals surface area contributed by atoms with Gasteiger partial charge < -0.3 is 10.4 Å². The van der Waals surface area contributed by atoms with Gasteiger partial charge in [-0.2, -0.15) is 0 Å². The third kappa shape index (κ3) is 6.97. The molecule has 1 rings (SSSR count). The number of nitrogens with one attached hydrogen (secondary N) is 1. The monoisotopic (exact) mass is 263 g/mol. The van der Waals surface area contributed by atoms with E-state index in [4.69, 9.17) is 5.11 Å². The first-order valence-corrected chi connectivity index (χ1v) is 7.12. The molecule has 3 nitrogen and oxygen atoms in total. The molecule has 19 heavy (non-hydrogen) atoms. The van der Waals surface area contributed by atoms with Crippen LogP contribution in [0, 0.1) is 5.92 Å². The molecule has 1 unspecified atom stereocenters. The maximum atomic E-state index is 10.5. The molecule has 0 aliphatic rings. The summed E-state index contributed by atoms with van der Waals surface area (Å²) in [5, 5.41) is 12.0. The van der Waals surface area contributed by atoms with E-state index in [1.807, 2.05) is 0 Å². The Morgan fingerprint density at radius 1 is 1.21 bits per heavy atom. The molecule has 0 spiro atoms. The summed E-state index contributed by atoms with van der Waals surface area (Å²) in [6, 6.07) is 8.68. The van der Waals surface area contributed by atoms with Crippen molar-refractivity contribution in [3.8, 4) is 0 Å². The maximum Gasteiger partial charge on any atom is 0.303 e. The summed E-state index contributed by atoms with van der Waals surface area (Å²) < 4.78 is 0. The van der Waals surface area contributed by atoms with Gasteiger partial charge in [-0.25, -0.2) is 0 Å². The van der Waals surface area contributed by atoms with Crippen molar-refractivity contribution in [2.45, 2.75) is 46.1 Å². The van der Waals surface area contributed by atoms with Gasteiger partial charge >= 0.3 is 5.97 Å². The molecule has 0 saturated carbocycles. The fraction of sp³-hybridized carbons (Fsp3) is 0.562. The van der Waals surface area contributed by atoms with Gasteiger partial charge in [0.1, 0.15) is 0 Å². The van der Waals surface area contributed by atoms with E-state index in [0.717, 1.165) is 32.4 Å². The molecule has 0 fully saturated rings. The van der Waals surface area contributed by atoms with Crippen molar-refractivity contribution in [2.24, 2.45) is 5.92 Å². The van der Waals surface area contributed by atoms with E-state index < -0.39 is 5.97 Å². The van der Waals surface area contributed by atoms with Crippen LogP contribution in [0.25, 0.3) is 0 Å². The lowest BCUT2D eigenvalue weighted by atomic mass is 10.0. The average molecular weight is 263 g/mol. The van der Waals surface area contributed by atoms with Crippen LogP contribution in [-0.2, 0) is 17.8 Å². The number of carbonyl (C=O) groups is 1. The Hall–Kier alpha value is -1.35. The highest BCUT2D eigenvalue weighted by atomic mass is 16.4. The van der Waals surface area contributed by atoms with Crippen LogP contribution in [0.5, 0.6) is 0 Å². The molecule has 1 aromatic carbocycles. The van der Waals surface area contributed by atoms with Crippen molar-refractivity contribution < 1.29 is 9.90 Å². The van der Waals surface area contributed by atoms with Crippen LogP contribution < -0.4 is 5.32 Å². The van der Waals surface area contributed by atoms with E-state index in [1.165, 1.54) is 11.1 Å². The zero-order valence-electron chi connectivity index (χ0n) is 12.0. The lowest BCUT2D eigenvalue weighted by Crippen LogP contribution is -2.17. The summed E-state index contributed by atoms with van der Waals surface area (Å²) >= 11 is 0. The highest BCUT2D eigenvalue weighted by molar-refractivity contribution is 5.66. The number of aliphatic carboxylic acids is 1. The van der Waals surface area contributed by atoms with Crippen molar-refractivity contribution in [3.05, 3.63) is 35.4 Å². The Kier molecular flexibility index (Phi) is 7.19. The van der Waals surface area contributed by atoms with E-state index in [-0.39, 0.29) is 6.42 Å². The van der Waals surface area contributed by atoms with Crippen LogP contribution in [0.4, 0.5) is 0 Å². The van der Waals surface area contributed by atoms with Crippen LogP contribution in [-0.4, -0.2) is 17.6 Å². The molecule has 3 heteroatoms. The summed E-state index contributed by atoms with van der Waals surface area (Å²) in [6.45, 7) is 6.10. The number of carboxylic acids is 1. The molecule has 0 radical (unpaired) electrons. The summed E-state index contributed by atoms with van der Waals surface area (Å²) in [7, 11) is 0. The molecule has 1 atom stereocenters. The van der Waals surface area contributed by atoms with Crippen LogP contribution in [0.3, 0.4) is 0 Å². The van der Waals surface area contributed by atoms with Crippen LogP contribution in [0.1, 0.15) is 44.2 Å². The molecule has 1 aromatic rings. The normalized spacial score (nSPS) is 12.3. The third-order valence-corrected chi connectivity index (χ3v) is 3.43. The number of aryl methyl sites for hydroxylation is 1. The van der Waals surface area contributed by atoms with Gasteiger partial charge in [0.25, 0.3) is 0 Å². The minimum atomic E-state index is -0.698. The van der Waals surface area contributed by atoms with Gasteiger partial charge in [-0.3, -0.25) is 4.79 Å². The minimum absolute atomic E-state index is 0.277. The summed E-state index contributed by atoms with van der Waals surface area (Å²) in [4.78, 5) is 10.5. The number of hydrogen-bond acceptors (Lipinski definition) is 2. The van der Waals surface area contributed by atoms with E-state index in [1.54, 1.807) is 0 Å².